The number of piperidine rings is 1. The molecular formula is C16H21N3OS2. The Hall–Kier alpha value is -1.24. The second-order valence-electron chi connectivity index (χ2n) is 5.94. The second kappa shape index (κ2) is 6.89. The summed E-state index contributed by atoms with van der Waals surface area (Å²) < 4.78 is 0. The Labute approximate surface area is 139 Å². The first-order valence-electron chi connectivity index (χ1n) is 7.58. The fraction of sp³-hybridized carbons (Fsp3) is 0.500. The summed E-state index contributed by atoms with van der Waals surface area (Å²) in [5.74, 6) is 0.523. The smallest absolute Gasteiger partial charge is 0.252 e. The third kappa shape index (κ3) is 3.74. The minimum Gasteiger partial charge on any atom is -0.349 e. The van der Waals surface area contributed by atoms with Gasteiger partial charge in [-0.1, -0.05) is 6.92 Å². The van der Waals surface area contributed by atoms with Crippen molar-refractivity contribution in [3.63, 3.8) is 0 Å². The molecule has 1 N–H and O–H groups in total. The number of likely N-dealkylation sites (tertiary alicyclic amines) is 1. The van der Waals surface area contributed by atoms with Gasteiger partial charge in [-0.05, 0) is 30.7 Å². The molecule has 4 nitrogen and oxygen atoms in total. The molecule has 0 aromatic carbocycles. The molecule has 3 heterocycles. The summed E-state index contributed by atoms with van der Waals surface area (Å²) in [5.41, 5.74) is 0.778. The Morgan fingerprint density at radius 1 is 1.55 bits per heavy atom. The van der Waals surface area contributed by atoms with Crippen LogP contribution in [0.2, 0.25) is 0 Å². The molecule has 0 unspecified atom stereocenters. The van der Waals surface area contributed by atoms with Gasteiger partial charge in [0.25, 0.3) is 5.91 Å². The highest BCUT2D eigenvalue weighted by Crippen LogP contribution is 2.21. The fourth-order valence-electron chi connectivity index (χ4n) is 2.93. The molecule has 1 aliphatic heterocycles. The van der Waals surface area contributed by atoms with Crippen LogP contribution in [0, 0.1) is 12.8 Å². The molecule has 0 bridgehead atoms. The van der Waals surface area contributed by atoms with Crippen LogP contribution in [-0.2, 0) is 6.54 Å². The van der Waals surface area contributed by atoms with Crippen LogP contribution in [0.25, 0.3) is 0 Å². The molecule has 3 rings (SSSR count). The highest BCUT2D eigenvalue weighted by Gasteiger charge is 2.27. The molecule has 22 heavy (non-hydrogen) atoms. The zero-order valence-corrected chi connectivity index (χ0v) is 14.5. The Balaban J connectivity index is 1.52. The maximum absolute atomic E-state index is 12.2. The molecule has 2 aromatic heterocycles. The van der Waals surface area contributed by atoms with Crippen molar-refractivity contribution in [2.45, 2.75) is 32.9 Å². The number of hydrogen-bond donors (Lipinski definition) is 1. The van der Waals surface area contributed by atoms with E-state index in [1.807, 2.05) is 29.9 Å². The molecule has 1 aliphatic rings. The average molecular weight is 335 g/mol. The van der Waals surface area contributed by atoms with Gasteiger partial charge in [-0.3, -0.25) is 9.69 Å². The van der Waals surface area contributed by atoms with Crippen LogP contribution in [0.1, 0.15) is 33.6 Å². The highest BCUT2D eigenvalue weighted by atomic mass is 32.1. The number of thiophene rings is 1. The number of rotatable bonds is 4. The summed E-state index contributed by atoms with van der Waals surface area (Å²) >= 11 is 3.33. The van der Waals surface area contributed by atoms with Gasteiger partial charge in [0.15, 0.2) is 0 Å². The number of nitrogens with zero attached hydrogens (tertiary/aromatic N) is 2. The van der Waals surface area contributed by atoms with E-state index in [2.05, 4.69) is 22.1 Å². The van der Waals surface area contributed by atoms with Crippen molar-refractivity contribution in [3.8, 4) is 0 Å². The van der Waals surface area contributed by atoms with E-state index in [-0.39, 0.29) is 11.9 Å². The maximum atomic E-state index is 12.2. The van der Waals surface area contributed by atoms with E-state index in [0.717, 1.165) is 36.6 Å². The number of hydrogen-bond acceptors (Lipinski definition) is 5. The minimum atomic E-state index is 0.0598. The van der Waals surface area contributed by atoms with Crippen LogP contribution in [0.15, 0.2) is 23.0 Å². The lowest BCUT2D eigenvalue weighted by atomic mass is 9.93. The monoisotopic (exact) mass is 335 g/mol. The van der Waals surface area contributed by atoms with Gasteiger partial charge in [0.1, 0.15) is 0 Å². The molecule has 6 heteroatoms. The highest BCUT2D eigenvalue weighted by molar-refractivity contribution is 7.11. The van der Waals surface area contributed by atoms with Crippen LogP contribution in [0.5, 0.6) is 0 Å². The van der Waals surface area contributed by atoms with Crippen molar-refractivity contribution in [3.05, 3.63) is 38.5 Å². The maximum Gasteiger partial charge on any atom is 0.252 e. The predicted octanol–water partition coefficient (Wildman–Crippen LogP) is 3.15. The van der Waals surface area contributed by atoms with Crippen LogP contribution in [0.3, 0.4) is 0 Å². The lowest BCUT2D eigenvalue weighted by molar-refractivity contribution is 0.0862. The van der Waals surface area contributed by atoms with Crippen molar-refractivity contribution in [1.82, 2.24) is 15.2 Å². The first-order valence-corrected chi connectivity index (χ1v) is 9.34. The quantitative estimate of drug-likeness (QED) is 0.933. The molecule has 1 saturated heterocycles. The summed E-state index contributed by atoms with van der Waals surface area (Å²) in [4.78, 5) is 20.3. The predicted molar refractivity (Wildman–Crippen MR) is 91.5 cm³/mol. The summed E-state index contributed by atoms with van der Waals surface area (Å²) in [7, 11) is 0. The fourth-order valence-corrected chi connectivity index (χ4v) is 4.41. The van der Waals surface area contributed by atoms with Crippen molar-refractivity contribution in [1.29, 1.82) is 0 Å². The van der Waals surface area contributed by atoms with Gasteiger partial charge in [-0.15, -0.1) is 11.3 Å². The Kier molecular flexibility index (Phi) is 4.90. The summed E-state index contributed by atoms with van der Waals surface area (Å²) in [6.45, 7) is 7.29. The number of thiazole rings is 1. The molecule has 1 fully saturated rings. The van der Waals surface area contributed by atoms with E-state index in [4.69, 9.17) is 0 Å². The van der Waals surface area contributed by atoms with Gasteiger partial charge in [0.2, 0.25) is 0 Å². The van der Waals surface area contributed by atoms with E-state index in [0.29, 0.717) is 5.92 Å². The van der Waals surface area contributed by atoms with Gasteiger partial charge < -0.3 is 5.32 Å². The standard InChI is InChI=1S/C16H21N3OS2/c1-11-8-19(9-14-7-17-12(2)22-14)5-3-15(11)18-16(20)13-4-6-21-10-13/h4,6-7,10-11,15H,3,5,8-9H2,1-2H3,(H,18,20)/t11-,15+/m1/s1. The van der Waals surface area contributed by atoms with E-state index < -0.39 is 0 Å². The summed E-state index contributed by atoms with van der Waals surface area (Å²) in [6.07, 6.45) is 2.99. The molecule has 0 radical (unpaired) electrons. The van der Waals surface area contributed by atoms with E-state index in [1.54, 1.807) is 22.7 Å². The van der Waals surface area contributed by atoms with Gasteiger partial charge in [-0.2, -0.15) is 11.3 Å². The molecule has 0 saturated carbocycles. The number of aryl methyl sites for hydroxylation is 1. The summed E-state index contributed by atoms with van der Waals surface area (Å²) in [6, 6.07) is 2.15. The molecular weight excluding hydrogens is 314 g/mol. The number of aromatic nitrogens is 1. The molecule has 118 valence electrons. The normalized spacial score (nSPS) is 22.6. The summed E-state index contributed by atoms with van der Waals surface area (Å²) in [5, 5.41) is 8.16. The first kappa shape index (κ1) is 15.6. The van der Waals surface area contributed by atoms with Crippen LogP contribution in [0.4, 0.5) is 0 Å². The van der Waals surface area contributed by atoms with Gasteiger partial charge in [0.05, 0.1) is 5.01 Å². The Morgan fingerprint density at radius 2 is 2.41 bits per heavy atom. The van der Waals surface area contributed by atoms with Crippen molar-refractivity contribution in [2.24, 2.45) is 5.92 Å². The lowest BCUT2D eigenvalue weighted by Crippen LogP contribution is -2.49. The molecule has 0 spiro atoms. The number of carbonyl (C=O) groups is 1. The molecule has 2 aromatic rings. The van der Waals surface area contributed by atoms with Crippen LogP contribution >= 0.6 is 22.7 Å². The zero-order valence-electron chi connectivity index (χ0n) is 12.9. The third-order valence-corrected chi connectivity index (χ3v) is 5.72. The minimum absolute atomic E-state index is 0.0598. The van der Waals surface area contributed by atoms with Gasteiger partial charge >= 0.3 is 0 Å². The lowest BCUT2D eigenvalue weighted by Gasteiger charge is -2.37. The zero-order chi connectivity index (χ0) is 15.5. The SMILES string of the molecule is Cc1ncc(CN2CC[C@H](NC(=O)c3ccsc3)[C@H](C)C2)s1. The number of carbonyl (C=O) groups excluding carboxylic acids is 1. The Morgan fingerprint density at radius 3 is 3.05 bits per heavy atom. The number of nitrogens with one attached hydrogen (secondary N) is 1. The van der Waals surface area contributed by atoms with Crippen molar-refractivity contribution < 1.29 is 4.79 Å². The average Bonchev–Trinajstić information content (AvgIpc) is 3.13. The molecule has 0 aliphatic carbocycles. The van der Waals surface area contributed by atoms with Crippen LogP contribution < -0.4 is 5.32 Å². The van der Waals surface area contributed by atoms with Crippen LogP contribution in [-0.4, -0.2) is 34.9 Å². The van der Waals surface area contributed by atoms with E-state index in [1.165, 1.54) is 4.88 Å². The Bertz CT molecular complexity index is 623. The van der Waals surface area contributed by atoms with Gasteiger partial charge in [0, 0.05) is 47.7 Å². The number of amides is 1. The van der Waals surface area contributed by atoms with Crippen molar-refractivity contribution in [2.75, 3.05) is 13.1 Å². The molecule has 1 amide bonds. The second-order valence-corrected chi connectivity index (χ2v) is 8.04. The van der Waals surface area contributed by atoms with Crippen molar-refractivity contribution >= 4 is 28.6 Å². The van der Waals surface area contributed by atoms with Gasteiger partial charge in [-0.25, -0.2) is 4.98 Å². The van der Waals surface area contributed by atoms with E-state index in [9.17, 15) is 4.79 Å². The molecule has 2 atom stereocenters. The largest absolute Gasteiger partial charge is 0.349 e. The van der Waals surface area contributed by atoms with E-state index >= 15 is 0 Å². The first-order chi connectivity index (χ1) is 10.6. The topological polar surface area (TPSA) is 45.2 Å². The third-order valence-electron chi connectivity index (χ3n) is 4.14.